The van der Waals surface area contributed by atoms with E-state index in [4.69, 9.17) is 34.8 Å². The van der Waals surface area contributed by atoms with Crippen molar-refractivity contribution >= 4 is 52.3 Å². The predicted octanol–water partition coefficient (Wildman–Crippen LogP) is 3.28. The van der Waals surface area contributed by atoms with Crippen molar-refractivity contribution in [1.82, 2.24) is 5.32 Å². The molecule has 1 saturated heterocycles. The van der Waals surface area contributed by atoms with E-state index in [2.05, 4.69) is 5.32 Å². The lowest BCUT2D eigenvalue weighted by Crippen LogP contribution is -2.62. The molecule has 20 heavy (non-hydrogen) atoms. The summed E-state index contributed by atoms with van der Waals surface area (Å²) in [7, 11) is 0. The van der Waals surface area contributed by atoms with Crippen molar-refractivity contribution in [3.05, 3.63) is 27.2 Å². The highest BCUT2D eigenvalue weighted by atomic mass is 35.5. The Hall–Kier alpha value is -0.970. The van der Waals surface area contributed by atoms with E-state index in [0.717, 1.165) is 0 Å². The van der Waals surface area contributed by atoms with Gasteiger partial charge < -0.3 is 5.32 Å². The van der Waals surface area contributed by atoms with Crippen LogP contribution in [0, 0.1) is 0 Å². The SMILES string of the molecule is CCC1C(=O)NC(C)C(=O)N1c1cc(Cl)c(Cl)cc1Cl. The Morgan fingerprint density at radius 2 is 1.75 bits per heavy atom. The normalized spacial score (nSPS) is 22.9. The molecule has 0 aromatic heterocycles. The Labute approximate surface area is 132 Å². The van der Waals surface area contributed by atoms with Crippen molar-refractivity contribution in [3.8, 4) is 0 Å². The zero-order chi connectivity index (χ0) is 15.0. The molecule has 0 radical (unpaired) electrons. The summed E-state index contributed by atoms with van der Waals surface area (Å²) in [5.74, 6) is -0.432. The highest BCUT2D eigenvalue weighted by molar-refractivity contribution is 6.44. The molecule has 2 atom stereocenters. The molecule has 0 saturated carbocycles. The molecule has 1 aromatic carbocycles. The van der Waals surface area contributed by atoms with E-state index in [1.165, 1.54) is 17.0 Å². The summed E-state index contributed by atoms with van der Waals surface area (Å²) in [6.07, 6.45) is 0.473. The number of hydrogen-bond acceptors (Lipinski definition) is 2. The molecule has 2 amide bonds. The number of carbonyl (C=O) groups is 2. The summed E-state index contributed by atoms with van der Waals surface area (Å²) in [5, 5.41) is 3.51. The van der Waals surface area contributed by atoms with Crippen LogP contribution >= 0.6 is 34.8 Å². The number of halogens is 3. The van der Waals surface area contributed by atoms with Gasteiger partial charge in [-0.3, -0.25) is 14.5 Å². The van der Waals surface area contributed by atoms with E-state index in [0.29, 0.717) is 17.1 Å². The highest BCUT2D eigenvalue weighted by Gasteiger charge is 2.39. The lowest BCUT2D eigenvalue weighted by molar-refractivity contribution is -0.133. The fraction of sp³-hybridized carbons (Fsp3) is 0.385. The predicted molar refractivity (Wildman–Crippen MR) is 80.6 cm³/mol. The Balaban J connectivity index is 2.54. The minimum Gasteiger partial charge on any atom is -0.343 e. The van der Waals surface area contributed by atoms with Crippen LogP contribution in [0.2, 0.25) is 15.1 Å². The second-order valence-electron chi connectivity index (χ2n) is 4.58. The molecule has 1 N–H and O–H groups in total. The quantitative estimate of drug-likeness (QED) is 0.843. The number of carbonyl (C=O) groups excluding carboxylic acids is 2. The molecule has 1 aliphatic rings. The molecule has 0 bridgehead atoms. The van der Waals surface area contributed by atoms with E-state index in [1.807, 2.05) is 6.92 Å². The number of nitrogens with zero attached hydrogens (tertiary/aromatic N) is 1. The lowest BCUT2D eigenvalue weighted by Gasteiger charge is -2.38. The highest BCUT2D eigenvalue weighted by Crippen LogP contribution is 2.36. The number of benzene rings is 1. The minimum absolute atomic E-state index is 0.207. The van der Waals surface area contributed by atoms with E-state index in [1.54, 1.807) is 6.92 Å². The third-order valence-corrected chi connectivity index (χ3v) is 4.24. The topological polar surface area (TPSA) is 49.4 Å². The zero-order valence-corrected chi connectivity index (χ0v) is 13.2. The maximum Gasteiger partial charge on any atom is 0.250 e. The second-order valence-corrected chi connectivity index (χ2v) is 5.80. The maximum absolute atomic E-state index is 12.4. The van der Waals surface area contributed by atoms with Crippen molar-refractivity contribution in [1.29, 1.82) is 0 Å². The maximum atomic E-state index is 12.4. The smallest absolute Gasteiger partial charge is 0.250 e. The molecule has 1 heterocycles. The second kappa shape index (κ2) is 5.80. The molecule has 2 rings (SSSR count). The number of piperazine rings is 1. The van der Waals surface area contributed by atoms with Gasteiger partial charge in [0.15, 0.2) is 0 Å². The van der Waals surface area contributed by atoms with Crippen molar-refractivity contribution < 1.29 is 9.59 Å². The van der Waals surface area contributed by atoms with E-state index >= 15 is 0 Å². The molecule has 2 unspecified atom stereocenters. The molecular weight excluding hydrogens is 323 g/mol. The molecule has 7 heteroatoms. The first kappa shape index (κ1) is 15.4. The number of hydrogen-bond donors (Lipinski definition) is 1. The molecule has 0 spiro atoms. The Morgan fingerprint density at radius 1 is 1.15 bits per heavy atom. The first-order valence-corrected chi connectivity index (χ1v) is 7.28. The number of nitrogens with one attached hydrogen (secondary N) is 1. The van der Waals surface area contributed by atoms with Crippen LogP contribution in [0.25, 0.3) is 0 Å². The van der Waals surface area contributed by atoms with Crippen LogP contribution in [0.3, 0.4) is 0 Å². The Kier molecular flexibility index (Phi) is 4.47. The third kappa shape index (κ3) is 2.60. The number of amides is 2. The van der Waals surface area contributed by atoms with Crippen molar-refractivity contribution in [2.75, 3.05) is 4.90 Å². The first-order valence-electron chi connectivity index (χ1n) is 6.14. The first-order chi connectivity index (χ1) is 9.36. The number of rotatable bonds is 2. The van der Waals surface area contributed by atoms with Crippen LogP contribution in [0.15, 0.2) is 12.1 Å². The van der Waals surface area contributed by atoms with Crippen LogP contribution in [0.5, 0.6) is 0 Å². The molecule has 0 aliphatic carbocycles. The van der Waals surface area contributed by atoms with Crippen molar-refractivity contribution in [3.63, 3.8) is 0 Å². The largest absolute Gasteiger partial charge is 0.343 e. The monoisotopic (exact) mass is 334 g/mol. The summed E-state index contributed by atoms with van der Waals surface area (Å²) in [6, 6.07) is 1.78. The van der Waals surface area contributed by atoms with Gasteiger partial charge in [0.25, 0.3) is 0 Å². The molecule has 1 fully saturated rings. The van der Waals surface area contributed by atoms with Gasteiger partial charge in [0.2, 0.25) is 11.8 Å². The lowest BCUT2D eigenvalue weighted by atomic mass is 10.0. The molecule has 1 aromatic rings. The summed E-state index contributed by atoms with van der Waals surface area (Å²) in [6.45, 7) is 3.45. The van der Waals surface area contributed by atoms with Gasteiger partial charge in [0, 0.05) is 0 Å². The summed E-state index contributed by atoms with van der Waals surface area (Å²) >= 11 is 18.0. The van der Waals surface area contributed by atoms with Crippen LogP contribution in [-0.4, -0.2) is 23.9 Å². The molecule has 1 aliphatic heterocycles. The fourth-order valence-electron chi connectivity index (χ4n) is 2.20. The Morgan fingerprint density at radius 3 is 2.35 bits per heavy atom. The van der Waals surface area contributed by atoms with Gasteiger partial charge in [-0.25, -0.2) is 0 Å². The summed E-state index contributed by atoms with van der Waals surface area (Å²) < 4.78 is 0. The summed E-state index contributed by atoms with van der Waals surface area (Å²) in [5.41, 5.74) is 0.402. The zero-order valence-electron chi connectivity index (χ0n) is 10.9. The van der Waals surface area contributed by atoms with Gasteiger partial charge in [-0.2, -0.15) is 0 Å². The van der Waals surface area contributed by atoms with Gasteiger partial charge >= 0.3 is 0 Å². The van der Waals surface area contributed by atoms with Crippen molar-refractivity contribution in [2.45, 2.75) is 32.4 Å². The van der Waals surface area contributed by atoms with Crippen molar-refractivity contribution in [2.24, 2.45) is 0 Å². The average Bonchev–Trinajstić information content (AvgIpc) is 2.38. The molecule has 108 valence electrons. The van der Waals surface area contributed by atoms with E-state index in [9.17, 15) is 9.59 Å². The Bertz CT molecular complexity index is 577. The van der Waals surface area contributed by atoms with Crippen LogP contribution in [0.4, 0.5) is 5.69 Å². The molecular formula is C13H13Cl3N2O2. The van der Waals surface area contributed by atoms with Gasteiger partial charge in [-0.15, -0.1) is 0 Å². The van der Waals surface area contributed by atoms with Gasteiger partial charge in [0.05, 0.1) is 20.8 Å². The van der Waals surface area contributed by atoms with Gasteiger partial charge in [0.1, 0.15) is 12.1 Å². The van der Waals surface area contributed by atoms with Crippen LogP contribution in [0.1, 0.15) is 20.3 Å². The summed E-state index contributed by atoms with van der Waals surface area (Å²) in [4.78, 5) is 25.8. The van der Waals surface area contributed by atoms with E-state index in [-0.39, 0.29) is 21.9 Å². The third-order valence-electron chi connectivity index (χ3n) is 3.22. The van der Waals surface area contributed by atoms with Crippen LogP contribution < -0.4 is 10.2 Å². The average molecular weight is 336 g/mol. The number of anilines is 1. The van der Waals surface area contributed by atoms with E-state index < -0.39 is 12.1 Å². The minimum atomic E-state index is -0.603. The fourth-order valence-corrected chi connectivity index (χ4v) is 2.83. The van der Waals surface area contributed by atoms with Crippen LogP contribution in [-0.2, 0) is 9.59 Å². The standard InChI is InChI=1S/C13H13Cl3N2O2/c1-3-10-12(19)17-6(2)13(20)18(10)11-5-8(15)7(14)4-9(11)16/h4-6,10H,3H2,1-2H3,(H,17,19). The van der Waals surface area contributed by atoms with Gasteiger partial charge in [-0.05, 0) is 25.5 Å². The van der Waals surface area contributed by atoms with Gasteiger partial charge in [-0.1, -0.05) is 41.7 Å². The molecule has 4 nitrogen and oxygen atoms in total.